The number of piperazine rings is 1. The van der Waals surface area contributed by atoms with E-state index >= 15 is 0 Å². The Bertz CT molecular complexity index is 982. The Balaban J connectivity index is 1.58. The van der Waals surface area contributed by atoms with E-state index in [1.54, 1.807) is 12.1 Å². The van der Waals surface area contributed by atoms with E-state index in [0.29, 0.717) is 25.2 Å². The third kappa shape index (κ3) is 5.50. The van der Waals surface area contributed by atoms with E-state index in [9.17, 15) is 19.7 Å². The lowest BCUT2D eigenvalue weighted by molar-refractivity contribution is -0.383. The fraction of sp³-hybridized carbons (Fsp3) is 0.333. The van der Waals surface area contributed by atoms with Crippen molar-refractivity contribution in [1.82, 2.24) is 4.90 Å². The molecule has 0 aromatic heterocycles. The number of hydrogen-bond acceptors (Lipinski definition) is 7. The van der Waals surface area contributed by atoms with Gasteiger partial charge in [-0.3, -0.25) is 19.8 Å². The molecule has 3 rings (SSSR count). The van der Waals surface area contributed by atoms with Gasteiger partial charge in [-0.2, -0.15) is 0 Å². The summed E-state index contributed by atoms with van der Waals surface area (Å²) in [5, 5.41) is 14.0. The smallest absolute Gasteiger partial charge is 0.337 e. The highest BCUT2D eigenvalue weighted by atomic mass is 35.5. The zero-order valence-electron chi connectivity index (χ0n) is 17.2. The predicted octanol–water partition coefficient (Wildman–Crippen LogP) is 3.18. The van der Waals surface area contributed by atoms with E-state index in [2.05, 4.69) is 10.2 Å². The summed E-state index contributed by atoms with van der Waals surface area (Å²) < 4.78 is 4.72. The van der Waals surface area contributed by atoms with Crippen LogP contribution in [0.2, 0.25) is 5.02 Å². The van der Waals surface area contributed by atoms with E-state index in [0.717, 1.165) is 5.69 Å². The summed E-state index contributed by atoms with van der Waals surface area (Å²) in [4.78, 5) is 38.9. The Hall–Kier alpha value is -3.17. The van der Waals surface area contributed by atoms with Crippen LogP contribution in [0, 0.1) is 10.1 Å². The number of nitro groups is 1. The van der Waals surface area contributed by atoms with Crippen molar-refractivity contribution in [2.45, 2.75) is 13.0 Å². The molecule has 1 aliphatic heterocycles. The minimum atomic E-state index is -0.575. The van der Waals surface area contributed by atoms with Gasteiger partial charge in [-0.1, -0.05) is 11.6 Å². The first-order chi connectivity index (χ1) is 14.8. The molecule has 9 nitrogen and oxygen atoms in total. The van der Waals surface area contributed by atoms with Crippen LogP contribution in [0.1, 0.15) is 17.3 Å². The van der Waals surface area contributed by atoms with Crippen molar-refractivity contribution in [3.05, 3.63) is 63.2 Å². The Morgan fingerprint density at radius 1 is 1.23 bits per heavy atom. The molecule has 0 aliphatic carbocycles. The van der Waals surface area contributed by atoms with E-state index in [1.165, 1.54) is 25.3 Å². The topological polar surface area (TPSA) is 105 Å². The van der Waals surface area contributed by atoms with Crippen LogP contribution in [0.15, 0.2) is 42.5 Å². The zero-order valence-corrected chi connectivity index (χ0v) is 18.0. The highest BCUT2D eigenvalue weighted by molar-refractivity contribution is 6.31. The van der Waals surface area contributed by atoms with E-state index in [-0.39, 0.29) is 40.9 Å². The van der Waals surface area contributed by atoms with E-state index in [1.807, 2.05) is 24.0 Å². The SMILES string of the molecule is COC(=O)c1ccc(N2CCN(CC(=O)Nc3ccc(Cl)cc3[N+](=O)[O-])C(C)C2)cc1. The summed E-state index contributed by atoms with van der Waals surface area (Å²) in [5.41, 5.74) is 1.36. The fourth-order valence-electron chi connectivity index (χ4n) is 3.53. The van der Waals surface area contributed by atoms with Crippen molar-refractivity contribution in [3.8, 4) is 0 Å². The molecule has 1 saturated heterocycles. The molecule has 164 valence electrons. The molecule has 0 saturated carbocycles. The predicted molar refractivity (Wildman–Crippen MR) is 118 cm³/mol. The number of nitrogens with zero attached hydrogens (tertiary/aromatic N) is 3. The zero-order chi connectivity index (χ0) is 22.5. The number of anilines is 2. The van der Waals surface area contributed by atoms with Crippen LogP contribution in [0.25, 0.3) is 0 Å². The van der Waals surface area contributed by atoms with Gasteiger partial charge in [0.1, 0.15) is 5.69 Å². The molecule has 2 aromatic rings. The fourth-order valence-corrected chi connectivity index (χ4v) is 3.69. The van der Waals surface area contributed by atoms with Crippen molar-refractivity contribution >= 4 is 40.5 Å². The lowest BCUT2D eigenvalue weighted by atomic mass is 10.1. The third-order valence-electron chi connectivity index (χ3n) is 5.20. The monoisotopic (exact) mass is 446 g/mol. The first-order valence-corrected chi connectivity index (χ1v) is 10.1. The second-order valence-electron chi connectivity index (χ2n) is 7.27. The van der Waals surface area contributed by atoms with Crippen molar-refractivity contribution in [1.29, 1.82) is 0 Å². The minimum Gasteiger partial charge on any atom is -0.465 e. The number of carbonyl (C=O) groups is 2. The van der Waals surface area contributed by atoms with Crippen molar-refractivity contribution < 1.29 is 19.2 Å². The number of halogens is 1. The summed E-state index contributed by atoms with van der Waals surface area (Å²) in [6.45, 7) is 4.20. The average Bonchev–Trinajstić information content (AvgIpc) is 2.75. The van der Waals surface area contributed by atoms with E-state index in [4.69, 9.17) is 16.3 Å². The molecular weight excluding hydrogens is 424 g/mol. The lowest BCUT2D eigenvalue weighted by Crippen LogP contribution is -2.53. The standard InChI is InChI=1S/C21H23ClN4O5/c1-14-12-25(17-6-3-15(4-7-17)21(28)31-2)10-9-24(14)13-20(27)23-18-8-5-16(22)11-19(18)26(29)30/h3-8,11,14H,9-10,12-13H2,1-2H3,(H,23,27). The number of amides is 1. The van der Waals surface area contributed by atoms with Gasteiger partial charge >= 0.3 is 5.97 Å². The second kappa shape index (κ2) is 9.76. The highest BCUT2D eigenvalue weighted by Gasteiger charge is 2.26. The van der Waals surface area contributed by atoms with Crippen LogP contribution in [-0.2, 0) is 9.53 Å². The molecule has 31 heavy (non-hydrogen) atoms. The van der Waals surface area contributed by atoms with Crippen LogP contribution < -0.4 is 10.2 Å². The molecule has 1 heterocycles. The maximum atomic E-state index is 12.5. The number of hydrogen-bond donors (Lipinski definition) is 1. The number of carbonyl (C=O) groups excluding carboxylic acids is 2. The molecule has 0 bridgehead atoms. The van der Waals surface area contributed by atoms with Crippen LogP contribution in [0.5, 0.6) is 0 Å². The lowest BCUT2D eigenvalue weighted by Gasteiger charge is -2.40. The Morgan fingerprint density at radius 3 is 2.55 bits per heavy atom. The van der Waals surface area contributed by atoms with Crippen molar-refractivity contribution in [3.63, 3.8) is 0 Å². The molecule has 10 heteroatoms. The van der Waals surface area contributed by atoms with Crippen LogP contribution in [-0.4, -0.2) is 61.0 Å². The van der Waals surface area contributed by atoms with Gasteiger partial charge < -0.3 is 15.0 Å². The highest BCUT2D eigenvalue weighted by Crippen LogP contribution is 2.28. The average molecular weight is 447 g/mol. The molecule has 2 aromatic carbocycles. The molecule has 1 unspecified atom stereocenters. The van der Waals surface area contributed by atoms with Gasteiger partial charge in [-0.15, -0.1) is 0 Å². The summed E-state index contributed by atoms with van der Waals surface area (Å²) in [7, 11) is 1.35. The molecule has 0 radical (unpaired) electrons. The Morgan fingerprint density at radius 2 is 1.94 bits per heavy atom. The normalized spacial score (nSPS) is 16.6. The number of rotatable bonds is 6. The summed E-state index contributed by atoms with van der Waals surface area (Å²) in [5.74, 6) is -0.704. The van der Waals surface area contributed by atoms with Gasteiger partial charge in [0.25, 0.3) is 5.69 Å². The largest absolute Gasteiger partial charge is 0.465 e. The summed E-state index contributed by atoms with van der Waals surface area (Å²) >= 11 is 5.81. The summed E-state index contributed by atoms with van der Waals surface area (Å²) in [6, 6.07) is 11.4. The quantitative estimate of drug-likeness (QED) is 0.412. The maximum Gasteiger partial charge on any atom is 0.337 e. The summed E-state index contributed by atoms with van der Waals surface area (Å²) in [6.07, 6.45) is 0. The van der Waals surface area contributed by atoms with Crippen LogP contribution in [0.4, 0.5) is 17.1 Å². The van der Waals surface area contributed by atoms with Gasteiger partial charge in [0.2, 0.25) is 5.91 Å². The Kier molecular flexibility index (Phi) is 7.09. The number of nitro benzene ring substituents is 1. The van der Waals surface area contributed by atoms with Crippen molar-refractivity contribution in [2.24, 2.45) is 0 Å². The third-order valence-corrected chi connectivity index (χ3v) is 5.43. The second-order valence-corrected chi connectivity index (χ2v) is 7.71. The van der Waals surface area contributed by atoms with Gasteiger partial charge in [0.05, 0.1) is 24.1 Å². The van der Waals surface area contributed by atoms with E-state index < -0.39 is 4.92 Å². The first kappa shape index (κ1) is 22.5. The molecule has 1 fully saturated rings. The number of nitrogens with one attached hydrogen (secondary N) is 1. The maximum absolute atomic E-state index is 12.5. The van der Waals surface area contributed by atoms with Crippen LogP contribution in [0.3, 0.4) is 0 Å². The first-order valence-electron chi connectivity index (χ1n) is 9.69. The van der Waals surface area contributed by atoms with Gasteiger partial charge in [-0.25, -0.2) is 4.79 Å². The Labute approximate surface area is 184 Å². The minimum absolute atomic E-state index is 0.0833. The van der Waals surface area contributed by atoms with Gasteiger partial charge in [-0.05, 0) is 43.3 Å². The van der Waals surface area contributed by atoms with Gasteiger partial charge in [0, 0.05) is 42.5 Å². The molecule has 1 amide bonds. The van der Waals surface area contributed by atoms with Gasteiger partial charge in [0.15, 0.2) is 0 Å². The molecule has 1 atom stereocenters. The van der Waals surface area contributed by atoms with Crippen LogP contribution >= 0.6 is 11.6 Å². The van der Waals surface area contributed by atoms with Crippen molar-refractivity contribution in [2.75, 3.05) is 43.5 Å². The molecule has 0 spiro atoms. The molecule has 1 N–H and O–H groups in total. The number of ether oxygens (including phenoxy) is 1. The number of methoxy groups -OCH3 is 1. The number of esters is 1. The molecular formula is C21H23ClN4O5. The molecule has 1 aliphatic rings. The number of benzene rings is 2.